The van der Waals surface area contributed by atoms with Gasteiger partial charge in [-0.2, -0.15) is 5.10 Å². The molecule has 0 atom stereocenters. The van der Waals surface area contributed by atoms with Crippen molar-refractivity contribution in [3.63, 3.8) is 0 Å². The van der Waals surface area contributed by atoms with Crippen LogP contribution < -0.4 is 9.80 Å². The second kappa shape index (κ2) is 9.43. The fourth-order valence-electron chi connectivity index (χ4n) is 4.27. The van der Waals surface area contributed by atoms with Gasteiger partial charge in [-0.1, -0.05) is 54.6 Å². The Hall–Kier alpha value is -4.07. The van der Waals surface area contributed by atoms with Crippen molar-refractivity contribution in [2.45, 2.75) is 6.42 Å². The molecular weight excluding hydrogens is 426 g/mol. The van der Waals surface area contributed by atoms with Crippen LogP contribution >= 0.6 is 0 Å². The molecule has 1 saturated heterocycles. The summed E-state index contributed by atoms with van der Waals surface area (Å²) in [6.45, 7) is 3.11. The predicted octanol–water partition coefficient (Wildman–Crippen LogP) is 3.04. The van der Waals surface area contributed by atoms with E-state index in [9.17, 15) is 4.79 Å². The van der Waals surface area contributed by atoms with E-state index in [1.165, 1.54) is 10.5 Å². The number of rotatable bonds is 5. The topological polar surface area (TPSA) is 78.4 Å². The van der Waals surface area contributed by atoms with E-state index >= 15 is 0 Å². The van der Waals surface area contributed by atoms with E-state index in [1.807, 2.05) is 6.07 Å². The summed E-state index contributed by atoms with van der Waals surface area (Å²) in [7, 11) is 3.44. The van der Waals surface area contributed by atoms with Crippen molar-refractivity contribution in [1.29, 1.82) is 0 Å². The number of carbonyl (C=O) groups is 1. The van der Waals surface area contributed by atoms with Crippen molar-refractivity contribution in [1.82, 2.24) is 25.1 Å². The monoisotopic (exact) mass is 453 g/mol. The molecule has 3 heterocycles. The first-order valence-corrected chi connectivity index (χ1v) is 11.4. The molecule has 0 saturated carbocycles. The maximum absolute atomic E-state index is 12.1. The predicted molar refractivity (Wildman–Crippen MR) is 133 cm³/mol. The molecule has 2 aromatic carbocycles. The number of amides is 1. The van der Waals surface area contributed by atoms with Crippen molar-refractivity contribution >= 4 is 28.4 Å². The number of anilines is 2. The van der Waals surface area contributed by atoms with Crippen LogP contribution in [0.5, 0.6) is 0 Å². The van der Waals surface area contributed by atoms with Crippen LogP contribution in [0.2, 0.25) is 0 Å². The SMILES string of the molecule is CN(C)C(=O)c1cnc(N2CCN(c3nnc(Cc4ccccc4)c4ccccc34)CC2)nc1. The van der Waals surface area contributed by atoms with Crippen LogP contribution in [0.3, 0.4) is 0 Å². The zero-order chi connectivity index (χ0) is 23.5. The maximum Gasteiger partial charge on any atom is 0.256 e. The Morgan fingerprint density at radius 2 is 1.44 bits per heavy atom. The number of hydrogen-bond acceptors (Lipinski definition) is 7. The number of nitrogens with zero attached hydrogens (tertiary/aromatic N) is 7. The van der Waals surface area contributed by atoms with Crippen molar-refractivity contribution in [2.75, 3.05) is 50.1 Å². The summed E-state index contributed by atoms with van der Waals surface area (Å²) in [4.78, 5) is 26.9. The fraction of sp³-hybridized carbons (Fsp3) is 0.269. The molecule has 0 radical (unpaired) electrons. The van der Waals surface area contributed by atoms with E-state index in [-0.39, 0.29) is 5.91 Å². The lowest BCUT2D eigenvalue weighted by Gasteiger charge is -2.35. The Morgan fingerprint density at radius 3 is 2.12 bits per heavy atom. The summed E-state index contributed by atoms with van der Waals surface area (Å²) >= 11 is 0. The second-order valence-electron chi connectivity index (χ2n) is 8.62. The van der Waals surface area contributed by atoms with Gasteiger partial charge in [0.15, 0.2) is 5.82 Å². The molecule has 0 unspecified atom stereocenters. The molecule has 1 amide bonds. The van der Waals surface area contributed by atoms with E-state index in [0.717, 1.165) is 54.9 Å². The van der Waals surface area contributed by atoms with Gasteiger partial charge in [0.2, 0.25) is 5.95 Å². The minimum Gasteiger partial charge on any atom is -0.351 e. The quantitative estimate of drug-likeness (QED) is 0.460. The minimum absolute atomic E-state index is 0.0995. The molecule has 172 valence electrons. The smallest absolute Gasteiger partial charge is 0.256 e. The average molecular weight is 454 g/mol. The van der Waals surface area contributed by atoms with Gasteiger partial charge in [0.05, 0.1) is 11.3 Å². The van der Waals surface area contributed by atoms with Gasteiger partial charge in [-0.05, 0) is 5.56 Å². The molecule has 0 spiro atoms. The van der Waals surface area contributed by atoms with Gasteiger partial charge < -0.3 is 14.7 Å². The third-order valence-electron chi connectivity index (χ3n) is 6.11. The van der Waals surface area contributed by atoms with Crippen LogP contribution in [0.4, 0.5) is 11.8 Å². The molecule has 1 fully saturated rings. The largest absolute Gasteiger partial charge is 0.351 e. The lowest BCUT2D eigenvalue weighted by atomic mass is 10.0. The van der Waals surface area contributed by atoms with Crippen LogP contribution in [-0.4, -0.2) is 71.2 Å². The molecule has 34 heavy (non-hydrogen) atoms. The first-order valence-electron chi connectivity index (χ1n) is 11.4. The van der Waals surface area contributed by atoms with Crippen molar-refractivity contribution < 1.29 is 4.79 Å². The van der Waals surface area contributed by atoms with Gasteiger partial charge in [0.1, 0.15) is 0 Å². The zero-order valence-corrected chi connectivity index (χ0v) is 19.4. The van der Waals surface area contributed by atoms with Crippen LogP contribution in [0.1, 0.15) is 21.6 Å². The number of benzene rings is 2. The van der Waals surface area contributed by atoms with Crippen molar-refractivity contribution in [3.05, 3.63) is 83.8 Å². The normalized spacial score (nSPS) is 13.8. The van der Waals surface area contributed by atoms with Gasteiger partial charge >= 0.3 is 0 Å². The first kappa shape index (κ1) is 21.8. The Labute approximate surface area is 198 Å². The summed E-state index contributed by atoms with van der Waals surface area (Å²) in [5.41, 5.74) is 2.70. The molecule has 5 rings (SSSR count). The fourth-order valence-corrected chi connectivity index (χ4v) is 4.27. The van der Waals surface area contributed by atoms with E-state index in [0.29, 0.717) is 11.5 Å². The van der Waals surface area contributed by atoms with Crippen LogP contribution in [-0.2, 0) is 6.42 Å². The highest BCUT2D eigenvalue weighted by molar-refractivity contribution is 5.94. The molecule has 2 aromatic heterocycles. The lowest BCUT2D eigenvalue weighted by Crippen LogP contribution is -2.47. The highest BCUT2D eigenvalue weighted by Crippen LogP contribution is 2.28. The minimum atomic E-state index is -0.0995. The average Bonchev–Trinajstić information content (AvgIpc) is 2.89. The van der Waals surface area contributed by atoms with Gasteiger partial charge in [0.25, 0.3) is 5.91 Å². The number of hydrogen-bond donors (Lipinski definition) is 0. The summed E-state index contributed by atoms with van der Waals surface area (Å²) in [5.74, 6) is 1.46. The summed E-state index contributed by atoms with van der Waals surface area (Å²) in [6, 6.07) is 18.7. The third kappa shape index (κ3) is 4.39. The highest BCUT2D eigenvalue weighted by Gasteiger charge is 2.23. The van der Waals surface area contributed by atoms with Crippen LogP contribution in [0.25, 0.3) is 10.8 Å². The Kier molecular flexibility index (Phi) is 6.03. The molecule has 0 aliphatic carbocycles. The molecule has 1 aliphatic rings. The van der Waals surface area contributed by atoms with Crippen molar-refractivity contribution in [2.24, 2.45) is 0 Å². The third-order valence-corrected chi connectivity index (χ3v) is 6.11. The zero-order valence-electron chi connectivity index (χ0n) is 19.4. The molecular formula is C26H27N7O. The Balaban J connectivity index is 1.32. The van der Waals surface area contributed by atoms with Crippen LogP contribution in [0.15, 0.2) is 67.0 Å². The number of fused-ring (bicyclic) bond motifs is 1. The first-order chi connectivity index (χ1) is 16.6. The van der Waals surface area contributed by atoms with Gasteiger partial charge in [0, 0.05) is 69.9 Å². The second-order valence-corrected chi connectivity index (χ2v) is 8.62. The summed E-state index contributed by atoms with van der Waals surface area (Å²) in [6.07, 6.45) is 3.95. The van der Waals surface area contributed by atoms with Crippen LogP contribution in [0, 0.1) is 0 Å². The number of piperazine rings is 1. The van der Waals surface area contributed by atoms with Gasteiger partial charge in [-0.25, -0.2) is 9.97 Å². The maximum atomic E-state index is 12.1. The van der Waals surface area contributed by atoms with E-state index < -0.39 is 0 Å². The Bertz CT molecular complexity index is 1280. The summed E-state index contributed by atoms with van der Waals surface area (Å²) < 4.78 is 0. The highest BCUT2D eigenvalue weighted by atomic mass is 16.2. The lowest BCUT2D eigenvalue weighted by molar-refractivity contribution is 0.0827. The van der Waals surface area contributed by atoms with Gasteiger partial charge in [-0.3, -0.25) is 4.79 Å². The van der Waals surface area contributed by atoms with E-state index in [2.05, 4.69) is 78.5 Å². The molecule has 8 nitrogen and oxygen atoms in total. The number of aromatic nitrogens is 4. The summed E-state index contributed by atoms with van der Waals surface area (Å²) in [5, 5.41) is 11.6. The van der Waals surface area contributed by atoms with Crippen molar-refractivity contribution in [3.8, 4) is 0 Å². The van der Waals surface area contributed by atoms with Gasteiger partial charge in [-0.15, -0.1) is 5.10 Å². The van der Waals surface area contributed by atoms with E-state index in [1.54, 1.807) is 26.5 Å². The molecule has 4 aromatic rings. The standard InChI is InChI=1S/C26H27N7O/c1-31(2)25(34)20-17-27-26(28-18-20)33-14-12-32(13-15-33)24-22-11-7-6-10-21(22)23(29-30-24)16-19-8-4-3-5-9-19/h3-11,17-18H,12-16H2,1-2H3. The number of carbonyl (C=O) groups excluding carboxylic acids is 1. The molecule has 0 N–H and O–H groups in total. The molecule has 8 heteroatoms. The molecule has 0 bridgehead atoms. The Morgan fingerprint density at radius 1 is 0.824 bits per heavy atom. The van der Waals surface area contributed by atoms with E-state index in [4.69, 9.17) is 0 Å². The molecule has 1 aliphatic heterocycles.